The summed E-state index contributed by atoms with van der Waals surface area (Å²) in [5.74, 6) is -0.270. The first-order valence-corrected chi connectivity index (χ1v) is 9.64. The van der Waals surface area contributed by atoms with Crippen LogP contribution in [0.1, 0.15) is 71.6 Å². The number of unbranched alkanes of at least 4 members (excludes halogenated alkanes) is 7. The quantitative estimate of drug-likeness (QED) is 0.230. The average Bonchev–Trinajstić information content (AvgIpc) is 2.49. The predicted molar refractivity (Wildman–Crippen MR) is 92.0 cm³/mol. The molecule has 1 atom stereocenters. The summed E-state index contributed by atoms with van der Waals surface area (Å²) in [5, 5.41) is 1.08. The van der Waals surface area contributed by atoms with Gasteiger partial charge in [-0.05, 0) is 26.2 Å². The largest absolute Gasteiger partial charge is 0.465 e. The molecule has 3 nitrogen and oxygen atoms in total. The van der Waals surface area contributed by atoms with Crippen molar-refractivity contribution in [3.8, 4) is 0 Å². The van der Waals surface area contributed by atoms with E-state index in [-0.39, 0.29) is 11.9 Å². The summed E-state index contributed by atoms with van der Waals surface area (Å²) < 4.78 is 10.8. The molecule has 0 bridgehead atoms. The maximum atomic E-state index is 11.7. The third kappa shape index (κ3) is 14.6. The summed E-state index contributed by atoms with van der Waals surface area (Å²) in [6.07, 6.45) is 10.6. The van der Waals surface area contributed by atoms with E-state index in [1.807, 2.05) is 6.92 Å². The summed E-state index contributed by atoms with van der Waals surface area (Å²) in [6, 6.07) is 0. The van der Waals surface area contributed by atoms with Gasteiger partial charge in [0.1, 0.15) is 0 Å². The number of esters is 1. The minimum Gasteiger partial charge on any atom is -0.465 e. The maximum Gasteiger partial charge on any atom is 0.310 e. The first-order chi connectivity index (χ1) is 10.2. The third-order valence-electron chi connectivity index (χ3n) is 3.43. The van der Waals surface area contributed by atoms with Crippen LogP contribution in [-0.4, -0.2) is 31.1 Å². The van der Waals surface area contributed by atoms with Gasteiger partial charge in [0, 0.05) is 11.9 Å². The van der Waals surface area contributed by atoms with Gasteiger partial charge in [0.05, 0.1) is 19.1 Å². The van der Waals surface area contributed by atoms with Gasteiger partial charge in [-0.25, -0.2) is 0 Å². The second kappa shape index (κ2) is 16.3. The predicted octanol–water partition coefficient (Wildman–Crippen LogP) is 5.11. The highest BCUT2D eigenvalue weighted by atomic mass is 79.9. The molecule has 0 amide bonds. The van der Waals surface area contributed by atoms with E-state index >= 15 is 0 Å². The van der Waals surface area contributed by atoms with Gasteiger partial charge in [0.2, 0.25) is 0 Å². The van der Waals surface area contributed by atoms with E-state index in [1.165, 1.54) is 38.5 Å². The number of hydrogen-bond donors (Lipinski definition) is 0. The zero-order chi connectivity index (χ0) is 15.8. The number of halogens is 1. The van der Waals surface area contributed by atoms with Crippen LogP contribution in [0.25, 0.3) is 0 Å². The molecule has 1 unspecified atom stereocenters. The smallest absolute Gasteiger partial charge is 0.310 e. The fraction of sp³-hybridized carbons (Fsp3) is 0.941. The van der Waals surface area contributed by atoms with Crippen LogP contribution in [0.15, 0.2) is 0 Å². The summed E-state index contributed by atoms with van der Waals surface area (Å²) in [4.78, 5) is 11.7. The Bertz CT molecular complexity index is 234. The molecule has 4 heteroatoms. The van der Waals surface area contributed by atoms with E-state index in [9.17, 15) is 4.79 Å². The van der Waals surface area contributed by atoms with Gasteiger partial charge in [0.25, 0.3) is 0 Å². The second-order valence-corrected chi connectivity index (χ2v) is 6.45. The summed E-state index contributed by atoms with van der Waals surface area (Å²) >= 11 is 3.42. The summed E-state index contributed by atoms with van der Waals surface area (Å²) in [5.41, 5.74) is 0. The van der Waals surface area contributed by atoms with Crippen LogP contribution in [0, 0.1) is 5.92 Å². The highest BCUT2D eigenvalue weighted by Crippen LogP contribution is 2.07. The Balaban J connectivity index is 3.36. The normalized spacial score (nSPS) is 12.3. The number of hydrogen-bond acceptors (Lipinski definition) is 3. The molecule has 0 aromatic carbocycles. The first kappa shape index (κ1) is 20.9. The van der Waals surface area contributed by atoms with Crippen LogP contribution < -0.4 is 0 Å². The molecule has 0 N–H and O–H groups in total. The molecular formula is C17H33BrO3. The van der Waals surface area contributed by atoms with Crippen LogP contribution in [-0.2, 0) is 14.3 Å². The third-order valence-corrected chi connectivity index (χ3v) is 4.00. The van der Waals surface area contributed by atoms with Crippen molar-refractivity contribution < 1.29 is 14.3 Å². The molecule has 126 valence electrons. The van der Waals surface area contributed by atoms with E-state index in [2.05, 4.69) is 22.9 Å². The van der Waals surface area contributed by atoms with Crippen molar-refractivity contribution >= 4 is 21.9 Å². The van der Waals surface area contributed by atoms with Crippen molar-refractivity contribution in [2.24, 2.45) is 5.92 Å². The summed E-state index contributed by atoms with van der Waals surface area (Å²) in [6.45, 7) is 5.86. The van der Waals surface area contributed by atoms with Crippen molar-refractivity contribution in [3.05, 3.63) is 0 Å². The standard InChI is InChI=1S/C17H33BrO3/c1-3-4-5-10-13-20-15-16(2)17(19)21-14-11-8-6-7-9-12-18/h16H,3-15H2,1-2H3. The minimum absolute atomic E-state index is 0.121. The molecule has 0 heterocycles. The fourth-order valence-corrected chi connectivity index (χ4v) is 2.40. The molecule has 0 aromatic rings. The van der Waals surface area contributed by atoms with Gasteiger partial charge in [-0.1, -0.05) is 61.4 Å². The number of alkyl halides is 1. The number of carbonyl (C=O) groups is 1. The molecule has 0 aliphatic carbocycles. The molecule has 0 saturated heterocycles. The molecule has 21 heavy (non-hydrogen) atoms. The number of rotatable bonds is 15. The Morgan fingerprint density at radius 2 is 1.57 bits per heavy atom. The minimum atomic E-state index is -0.149. The monoisotopic (exact) mass is 364 g/mol. The van der Waals surface area contributed by atoms with Gasteiger partial charge >= 0.3 is 5.97 Å². The Kier molecular flexibility index (Phi) is 16.2. The zero-order valence-electron chi connectivity index (χ0n) is 13.9. The Morgan fingerprint density at radius 1 is 0.952 bits per heavy atom. The van der Waals surface area contributed by atoms with E-state index < -0.39 is 0 Å². The van der Waals surface area contributed by atoms with E-state index in [4.69, 9.17) is 9.47 Å². The number of ether oxygens (including phenoxy) is 2. The zero-order valence-corrected chi connectivity index (χ0v) is 15.5. The Labute approximate surface area is 139 Å². The van der Waals surface area contributed by atoms with Crippen LogP contribution in [0.4, 0.5) is 0 Å². The molecule has 0 rings (SSSR count). The van der Waals surface area contributed by atoms with Gasteiger partial charge in [-0.2, -0.15) is 0 Å². The maximum absolute atomic E-state index is 11.7. The highest BCUT2D eigenvalue weighted by molar-refractivity contribution is 9.09. The molecule has 0 aliphatic heterocycles. The molecule has 0 fully saturated rings. The molecule has 0 aromatic heterocycles. The first-order valence-electron chi connectivity index (χ1n) is 8.52. The van der Waals surface area contributed by atoms with Gasteiger partial charge in [-0.3, -0.25) is 4.79 Å². The lowest BCUT2D eigenvalue weighted by Gasteiger charge is -2.12. The highest BCUT2D eigenvalue weighted by Gasteiger charge is 2.14. The van der Waals surface area contributed by atoms with Crippen LogP contribution >= 0.6 is 15.9 Å². The lowest BCUT2D eigenvalue weighted by Crippen LogP contribution is -2.20. The van der Waals surface area contributed by atoms with Crippen LogP contribution in [0.3, 0.4) is 0 Å². The van der Waals surface area contributed by atoms with Crippen molar-refractivity contribution in [1.29, 1.82) is 0 Å². The molecule has 0 spiro atoms. The van der Waals surface area contributed by atoms with Crippen molar-refractivity contribution in [3.63, 3.8) is 0 Å². The van der Waals surface area contributed by atoms with Gasteiger partial charge < -0.3 is 9.47 Å². The average molecular weight is 365 g/mol. The van der Waals surface area contributed by atoms with Crippen molar-refractivity contribution in [1.82, 2.24) is 0 Å². The Hall–Kier alpha value is -0.0900. The van der Waals surface area contributed by atoms with E-state index in [1.54, 1.807) is 0 Å². The Morgan fingerprint density at radius 3 is 2.29 bits per heavy atom. The molecular weight excluding hydrogens is 332 g/mol. The lowest BCUT2D eigenvalue weighted by molar-refractivity contribution is -0.150. The number of carbonyl (C=O) groups excluding carboxylic acids is 1. The SMILES string of the molecule is CCCCCCOCC(C)C(=O)OCCCCCCCBr. The lowest BCUT2D eigenvalue weighted by atomic mass is 10.1. The van der Waals surface area contributed by atoms with Crippen LogP contribution in [0.2, 0.25) is 0 Å². The molecule has 0 radical (unpaired) electrons. The van der Waals surface area contributed by atoms with Crippen molar-refractivity contribution in [2.75, 3.05) is 25.2 Å². The fourth-order valence-electron chi connectivity index (χ4n) is 2.00. The van der Waals surface area contributed by atoms with E-state index in [0.717, 1.165) is 31.2 Å². The van der Waals surface area contributed by atoms with Crippen molar-refractivity contribution in [2.45, 2.75) is 71.6 Å². The van der Waals surface area contributed by atoms with E-state index in [0.29, 0.717) is 13.2 Å². The summed E-state index contributed by atoms with van der Waals surface area (Å²) in [7, 11) is 0. The second-order valence-electron chi connectivity index (χ2n) is 5.66. The van der Waals surface area contributed by atoms with Crippen LogP contribution in [0.5, 0.6) is 0 Å². The topological polar surface area (TPSA) is 35.5 Å². The van der Waals surface area contributed by atoms with Gasteiger partial charge in [-0.15, -0.1) is 0 Å². The van der Waals surface area contributed by atoms with Gasteiger partial charge in [0.15, 0.2) is 0 Å². The molecule has 0 saturated carbocycles. The molecule has 0 aliphatic rings.